The van der Waals surface area contributed by atoms with Crippen LogP contribution < -0.4 is 10.9 Å². The van der Waals surface area contributed by atoms with Crippen molar-refractivity contribution in [2.75, 3.05) is 13.7 Å². The zero-order valence-corrected chi connectivity index (χ0v) is 10.3. The molecule has 0 atom stereocenters. The van der Waals surface area contributed by atoms with Gasteiger partial charge in [-0.1, -0.05) is 0 Å². The van der Waals surface area contributed by atoms with Crippen LogP contribution in [0.3, 0.4) is 0 Å². The van der Waals surface area contributed by atoms with Gasteiger partial charge in [0.2, 0.25) is 5.91 Å². The summed E-state index contributed by atoms with van der Waals surface area (Å²) in [5.41, 5.74) is 3.83. The number of hydrazine groups is 1. The minimum absolute atomic E-state index is 0.275. The van der Waals surface area contributed by atoms with Gasteiger partial charge in [-0.15, -0.1) is 0 Å². The fourth-order valence-electron chi connectivity index (χ4n) is 0.864. The van der Waals surface area contributed by atoms with Crippen molar-refractivity contribution in [2.24, 2.45) is 0 Å². The molecule has 0 radical (unpaired) electrons. The van der Waals surface area contributed by atoms with Gasteiger partial charge in [0, 0.05) is 20.1 Å². The third kappa shape index (κ3) is 9.26. The van der Waals surface area contributed by atoms with Crippen molar-refractivity contribution in [3.63, 3.8) is 0 Å². The summed E-state index contributed by atoms with van der Waals surface area (Å²) in [6.07, 6.45) is 0.231. The molecular weight excluding hydrogens is 212 g/mol. The van der Waals surface area contributed by atoms with Crippen molar-refractivity contribution < 1.29 is 19.1 Å². The third-order valence-electron chi connectivity index (χ3n) is 1.46. The summed E-state index contributed by atoms with van der Waals surface area (Å²) in [6.45, 7) is 5.74. The Balaban J connectivity index is 3.63. The van der Waals surface area contributed by atoms with Crippen molar-refractivity contribution >= 4 is 12.0 Å². The van der Waals surface area contributed by atoms with Gasteiger partial charge in [0.1, 0.15) is 5.60 Å². The van der Waals surface area contributed by atoms with E-state index in [1.165, 1.54) is 0 Å². The van der Waals surface area contributed by atoms with Crippen LogP contribution >= 0.6 is 0 Å². The Hall–Kier alpha value is -1.30. The standard InChI is InChI=1S/C10H20N2O4/c1-10(2,3)16-9(14)12-11-8(13)6-5-7-15-4/h5-7H2,1-4H3,(H,11,13)(H,12,14). The van der Waals surface area contributed by atoms with Gasteiger partial charge in [-0.05, 0) is 27.2 Å². The normalized spacial score (nSPS) is 10.8. The first-order valence-corrected chi connectivity index (χ1v) is 5.12. The van der Waals surface area contributed by atoms with Gasteiger partial charge in [0.25, 0.3) is 0 Å². The van der Waals surface area contributed by atoms with Crippen molar-refractivity contribution in [1.29, 1.82) is 0 Å². The number of carbonyl (C=O) groups excluding carboxylic acids is 2. The maximum absolute atomic E-state index is 11.2. The summed E-state index contributed by atoms with van der Waals surface area (Å²) in [6, 6.07) is 0. The Morgan fingerprint density at radius 2 is 1.81 bits per heavy atom. The van der Waals surface area contributed by atoms with Crippen LogP contribution in [-0.4, -0.2) is 31.3 Å². The fourth-order valence-corrected chi connectivity index (χ4v) is 0.864. The Labute approximate surface area is 95.6 Å². The molecule has 16 heavy (non-hydrogen) atoms. The second-order valence-corrected chi connectivity index (χ2v) is 4.27. The minimum atomic E-state index is -0.674. The molecule has 0 heterocycles. The van der Waals surface area contributed by atoms with E-state index < -0.39 is 11.7 Å². The summed E-state index contributed by atoms with van der Waals surface area (Å²) in [5, 5.41) is 0. The summed E-state index contributed by atoms with van der Waals surface area (Å²) in [4.78, 5) is 22.3. The van der Waals surface area contributed by atoms with Crippen molar-refractivity contribution in [3.8, 4) is 0 Å². The van der Waals surface area contributed by atoms with Crippen LogP contribution in [0.5, 0.6) is 0 Å². The molecule has 0 saturated carbocycles. The molecule has 0 fully saturated rings. The lowest BCUT2D eigenvalue weighted by atomic mass is 10.2. The van der Waals surface area contributed by atoms with E-state index in [9.17, 15) is 9.59 Å². The van der Waals surface area contributed by atoms with Gasteiger partial charge in [-0.25, -0.2) is 10.2 Å². The number of hydrogen-bond acceptors (Lipinski definition) is 4. The van der Waals surface area contributed by atoms with Gasteiger partial charge < -0.3 is 9.47 Å². The van der Waals surface area contributed by atoms with Crippen molar-refractivity contribution in [1.82, 2.24) is 10.9 Å². The summed E-state index contributed by atoms with van der Waals surface area (Å²) in [5.74, 6) is -0.275. The van der Waals surface area contributed by atoms with Crippen molar-refractivity contribution in [2.45, 2.75) is 39.2 Å². The smallest absolute Gasteiger partial charge is 0.426 e. The monoisotopic (exact) mass is 232 g/mol. The summed E-state index contributed by atoms with van der Waals surface area (Å²) < 4.78 is 9.72. The highest BCUT2D eigenvalue weighted by atomic mass is 16.6. The number of ether oxygens (including phenoxy) is 2. The Bertz CT molecular complexity index is 235. The number of carbonyl (C=O) groups is 2. The molecule has 0 aromatic carbocycles. The third-order valence-corrected chi connectivity index (χ3v) is 1.46. The van der Waals surface area contributed by atoms with E-state index in [-0.39, 0.29) is 5.91 Å². The van der Waals surface area contributed by atoms with Crippen LogP contribution in [0.1, 0.15) is 33.6 Å². The second kappa shape index (κ2) is 7.05. The van der Waals surface area contributed by atoms with E-state index in [0.29, 0.717) is 19.4 Å². The van der Waals surface area contributed by atoms with E-state index in [1.807, 2.05) is 0 Å². The molecule has 0 aliphatic rings. The number of amides is 2. The van der Waals surface area contributed by atoms with E-state index in [0.717, 1.165) is 0 Å². The van der Waals surface area contributed by atoms with Gasteiger partial charge in [0.15, 0.2) is 0 Å². The molecule has 6 heteroatoms. The van der Waals surface area contributed by atoms with E-state index in [2.05, 4.69) is 10.9 Å². The Morgan fingerprint density at radius 1 is 1.19 bits per heavy atom. The first-order valence-electron chi connectivity index (χ1n) is 5.12. The highest BCUT2D eigenvalue weighted by molar-refractivity contribution is 5.79. The largest absolute Gasteiger partial charge is 0.443 e. The highest BCUT2D eigenvalue weighted by Gasteiger charge is 2.16. The molecule has 0 aromatic rings. The van der Waals surface area contributed by atoms with Crippen LogP contribution in [0, 0.1) is 0 Å². The number of hydrogen-bond donors (Lipinski definition) is 2. The minimum Gasteiger partial charge on any atom is -0.443 e. The molecule has 2 N–H and O–H groups in total. The molecule has 0 spiro atoms. The second-order valence-electron chi connectivity index (χ2n) is 4.27. The van der Waals surface area contributed by atoms with Gasteiger partial charge in [-0.2, -0.15) is 0 Å². The van der Waals surface area contributed by atoms with Gasteiger partial charge in [0.05, 0.1) is 0 Å². The van der Waals surface area contributed by atoms with Gasteiger partial charge in [-0.3, -0.25) is 10.2 Å². The van der Waals surface area contributed by atoms with Gasteiger partial charge >= 0.3 is 6.09 Å². The maximum atomic E-state index is 11.2. The molecule has 2 amide bonds. The molecule has 0 unspecified atom stereocenters. The van der Waals surface area contributed by atoms with Crippen LogP contribution in [0.25, 0.3) is 0 Å². The van der Waals surface area contributed by atoms with Crippen molar-refractivity contribution in [3.05, 3.63) is 0 Å². The molecule has 0 saturated heterocycles. The number of rotatable bonds is 4. The molecule has 0 rings (SSSR count). The average Bonchev–Trinajstić information content (AvgIpc) is 2.12. The quantitative estimate of drug-likeness (QED) is 0.559. The maximum Gasteiger partial charge on any atom is 0.426 e. The molecule has 0 aromatic heterocycles. The average molecular weight is 232 g/mol. The SMILES string of the molecule is COCCCC(=O)NNC(=O)OC(C)(C)C. The topological polar surface area (TPSA) is 76.7 Å². The predicted octanol–water partition coefficient (Wildman–Crippen LogP) is 0.969. The first-order chi connectivity index (χ1) is 7.35. The van der Waals surface area contributed by atoms with Crippen LogP contribution in [0.4, 0.5) is 4.79 Å². The number of nitrogens with one attached hydrogen (secondary N) is 2. The lowest BCUT2D eigenvalue weighted by molar-refractivity contribution is -0.122. The number of methoxy groups -OCH3 is 1. The summed E-state index contributed by atoms with van der Waals surface area (Å²) in [7, 11) is 1.57. The first kappa shape index (κ1) is 14.7. The Morgan fingerprint density at radius 3 is 2.31 bits per heavy atom. The molecule has 6 nitrogen and oxygen atoms in total. The molecule has 0 bridgehead atoms. The molecule has 0 aliphatic heterocycles. The zero-order valence-electron chi connectivity index (χ0n) is 10.3. The summed E-state index contributed by atoms with van der Waals surface area (Å²) >= 11 is 0. The van der Waals surface area contributed by atoms with E-state index in [1.54, 1.807) is 27.9 Å². The molecule has 94 valence electrons. The van der Waals surface area contributed by atoms with Crippen LogP contribution in [0.15, 0.2) is 0 Å². The van der Waals surface area contributed by atoms with E-state index >= 15 is 0 Å². The van der Waals surface area contributed by atoms with E-state index in [4.69, 9.17) is 9.47 Å². The Kier molecular flexibility index (Phi) is 6.48. The zero-order chi connectivity index (χ0) is 12.6. The lowest BCUT2D eigenvalue weighted by Gasteiger charge is -2.19. The highest BCUT2D eigenvalue weighted by Crippen LogP contribution is 2.05. The molecule has 0 aliphatic carbocycles. The lowest BCUT2D eigenvalue weighted by Crippen LogP contribution is -2.44. The van der Waals surface area contributed by atoms with Crippen LogP contribution in [-0.2, 0) is 14.3 Å². The molecular formula is C10H20N2O4. The predicted molar refractivity (Wildman–Crippen MR) is 58.6 cm³/mol. The fraction of sp³-hybridized carbons (Fsp3) is 0.800. The van der Waals surface area contributed by atoms with Crippen LogP contribution in [0.2, 0.25) is 0 Å².